The van der Waals surface area contributed by atoms with Crippen LogP contribution in [0.2, 0.25) is 0 Å². The minimum atomic E-state index is -0.332. The highest BCUT2D eigenvalue weighted by Gasteiger charge is 2.30. The molecule has 0 saturated carbocycles. The smallest absolute Gasteiger partial charge is 0.333 e. The van der Waals surface area contributed by atoms with E-state index in [1.165, 1.54) is 16.7 Å². The van der Waals surface area contributed by atoms with Crippen molar-refractivity contribution in [2.45, 2.75) is 32.8 Å². The largest absolute Gasteiger partial charge is 0.454 e. The summed E-state index contributed by atoms with van der Waals surface area (Å²) in [5, 5.41) is 0. The van der Waals surface area contributed by atoms with E-state index in [9.17, 15) is 4.79 Å². The van der Waals surface area contributed by atoms with E-state index < -0.39 is 0 Å². The van der Waals surface area contributed by atoms with Crippen LogP contribution in [0, 0.1) is 0 Å². The molecule has 1 aliphatic carbocycles. The molecule has 0 saturated heterocycles. The van der Waals surface area contributed by atoms with Gasteiger partial charge in [0.1, 0.15) is 6.10 Å². The number of hydrogen-bond donors (Lipinski definition) is 0. The van der Waals surface area contributed by atoms with Crippen molar-refractivity contribution in [2.24, 2.45) is 0 Å². The first-order valence-corrected chi connectivity index (χ1v) is 7.31. The molecule has 0 radical (unpaired) electrons. The lowest BCUT2D eigenvalue weighted by molar-refractivity contribution is -0.144. The van der Waals surface area contributed by atoms with E-state index in [-0.39, 0.29) is 12.1 Å². The molecular formula is C17H19ClO2. The lowest BCUT2D eigenvalue weighted by Gasteiger charge is -2.13. The van der Waals surface area contributed by atoms with Gasteiger partial charge in [0.25, 0.3) is 0 Å². The highest BCUT2D eigenvalue weighted by atomic mass is 35.5. The molecule has 0 aromatic heterocycles. The van der Waals surface area contributed by atoms with Crippen LogP contribution in [0.25, 0.3) is 5.57 Å². The zero-order chi connectivity index (χ0) is 14.7. The predicted octanol–water partition coefficient (Wildman–Crippen LogP) is 4.44. The number of allylic oxidation sites excluding steroid dienone is 1. The number of fused-ring (bicyclic) bond motifs is 1. The fraction of sp³-hybridized carbons (Fsp3) is 0.353. The topological polar surface area (TPSA) is 26.3 Å². The summed E-state index contributed by atoms with van der Waals surface area (Å²) >= 11 is 5.87. The second-order valence-electron chi connectivity index (χ2n) is 5.01. The lowest BCUT2D eigenvalue weighted by atomic mass is 9.98. The molecule has 0 aliphatic heterocycles. The van der Waals surface area contributed by atoms with Crippen molar-refractivity contribution in [3.63, 3.8) is 0 Å². The first-order chi connectivity index (χ1) is 9.58. The van der Waals surface area contributed by atoms with E-state index in [1.54, 1.807) is 6.92 Å². The van der Waals surface area contributed by atoms with Crippen molar-refractivity contribution in [2.75, 3.05) is 5.88 Å². The number of carbonyl (C=O) groups excluding carboxylic acids is 1. The Labute approximate surface area is 125 Å². The van der Waals surface area contributed by atoms with Crippen LogP contribution in [0.3, 0.4) is 0 Å². The molecule has 20 heavy (non-hydrogen) atoms. The Morgan fingerprint density at radius 3 is 2.90 bits per heavy atom. The number of benzene rings is 1. The van der Waals surface area contributed by atoms with Crippen molar-refractivity contribution < 1.29 is 9.53 Å². The minimum Gasteiger partial charge on any atom is -0.454 e. The van der Waals surface area contributed by atoms with Gasteiger partial charge in [0.05, 0.1) is 0 Å². The van der Waals surface area contributed by atoms with E-state index in [1.807, 2.05) is 19.1 Å². The Morgan fingerprint density at radius 1 is 1.55 bits per heavy atom. The van der Waals surface area contributed by atoms with E-state index in [0.717, 1.165) is 18.4 Å². The van der Waals surface area contributed by atoms with Gasteiger partial charge in [-0.05, 0) is 37.0 Å². The molecule has 0 N–H and O–H groups in total. The van der Waals surface area contributed by atoms with Crippen molar-refractivity contribution in [3.8, 4) is 0 Å². The third-order valence-electron chi connectivity index (χ3n) is 3.57. The maximum atomic E-state index is 11.8. The molecule has 0 bridgehead atoms. The SMILES string of the molecule is C=C(C)C(=O)OC1C/C(=C/C)c2c(CCCl)cccc21. The molecule has 0 heterocycles. The standard InChI is InChI=1S/C17H19ClO2/c1-4-12-10-15(20-17(19)11(2)3)14-7-5-6-13(8-9-18)16(12)14/h4-7,15H,2,8-10H2,1,3H3/b12-4-. The molecule has 106 valence electrons. The van der Waals surface area contributed by atoms with Crippen molar-refractivity contribution >= 4 is 23.1 Å². The van der Waals surface area contributed by atoms with Crippen LogP contribution in [0.1, 0.15) is 43.1 Å². The molecule has 1 aromatic carbocycles. The molecule has 2 nitrogen and oxygen atoms in total. The maximum absolute atomic E-state index is 11.8. The van der Waals surface area contributed by atoms with Crippen LogP contribution in [0.4, 0.5) is 0 Å². The van der Waals surface area contributed by atoms with Gasteiger partial charge in [-0.2, -0.15) is 0 Å². The molecule has 0 fully saturated rings. The second kappa shape index (κ2) is 6.27. The number of esters is 1. The highest BCUT2D eigenvalue weighted by molar-refractivity contribution is 6.18. The molecule has 0 amide bonds. The molecule has 1 unspecified atom stereocenters. The van der Waals surface area contributed by atoms with E-state index >= 15 is 0 Å². The summed E-state index contributed by atoms with van der Waals surface area (Å²) in [5.41, 5.74) is 5.16. The summed E-state index contributed by atoms with van der Waals surface area (Å²) in [6, 6.07) is 6.12. The van der Waals surface area contributed by atoms with Gasteiger partial charge in [0, 0.05) is 23.4 Å². The Morgan fingerprint density at radius 2 is 2.30 bits per heavy atom. The van der Waals surface area contributed by atoms with Gasteiger partial charge < -0.3 is 4.74 Å². The monoisotopic (exact) mass is 290 g/mol. The molecule has 2 rings (SSSR count). The van der Waals surface area contributed by atoms with Crippen molar-refractivity contribution in [1.82, 2.24) is 0 Å². The van der Waals surface area contributed by atoms with Gasteiger partial charge in [-0.15, -0.1) is 11.6 Å². The van der Waals surface area contributed by atoms with Gasteiger partial charge in [0.2, 0.25) is 0 Å². The summed E-state index contributed by atoms with van der Waals surface area (Å²) in [4.78, 5) is 11.8. The fourth-order valence-electron chi connectivity index (χ4n) is 2.60. The normalized spacial score (nSPS) is 18.9. The van der Waals surface area contributed by atoms with Crippen LogP contribution < -0.4 is 0 Å². The van der Waals surface area contributed by atoms with Crippen LogP contribution in [0.5, 0.6) is 0 Å². The Hall–Kier alpha value is -1.54. The van der Waals surface area contributed by atoms with E-state index in [2.05, 4.69) is 18.7 Å². The third kappa shape index (κ3) is 2.80. The lowest BCUT2D eigenvalue weighted by Crippen LogP contribution is -2.09. The molecule has 1 aromatic rings. The van der Waals surface area contributed by atoms with Gasteiger partial charge in [-0.1, -0.05) is 30.9 Å². The summed E-state index contributed by atoms with van der Waals surface area (Å²) < 4.78 is 5.55. The van der Waals surface area contributed by atoms with Gasteiger partial charge in [-0.25, -0.2) is 4.79 Å². The number of halogens is 1. The first-order valence-electron chi connectivity index (χ1n) is 6.78. The zero-order valence-electron chi connectivity index (χ0n) is 11.9. The summed E-state index contributed by atoms with van der Waals surface area (Å²) in [7, 11) is 0. The predicted molar refractivity (Wildman–Crippen MR) is 82.8 cm³/mol. The van der Waals surface area contributed by atoms with Crippen LogP contribution in [0.15, 0.2) is 36.4 Å². The average Bonchev–Trinajstić information content (AvgIpc) is 2.78. The van der Waals surface area contributed by atoms with Gasteiger partial charge >= 0.3 is 5.97 Å². The molecule has 0 spiro atoms. The number of aryl methyl sites for hydroxylation is 1. The van der Waals surface area contributed by atoms with Crippen LogP contribution >= 0.6 is 11.6 Å². The minimum absolute atomic E-state index is 0.212. The Bertz CT molecular complexity index is 572. The third-order valence-corrected chi connectivity index (χ3v) is 3.76. The zero-order valence-corrected chi connectivity index (χ0v) is 12.7. The summed E-state index contributed by atoms with van der Waals surface area (Å²) in [6.07, 6.45) is 3.43. The quantitative estimate of drug-likeness (QED) is 0.466. The molecule has 1 aliphatic rings. The average molecular weight is 291 g/mol. The number of carbonyl (C=O) groups is 1. The molecular weight excluding hydrogens is 272 g/mol. The number of rotatable bonds is 4. The van der Waals surface area contributed by atoms with E-state index in [0.29, 0.717) is 11.5 Å². The second-order valence-corrected chi connectivity index (χ2v) is 5.39. The number of ether oxygens (including phenoxy) is 1. The van der Waals surface area contributed by atoms with Gasteiger partial charge in [0.15, 0.2) is 0 Å². The van der Waals surface area contributed by atoms with Crippen LogP contribution in [-0.2, 0) is 16.0 Å². The fourth-order valence-corrected chi connectivity index (χ4v) is 2.80. The van der Waals surface area contributed by atoms with Crippen molar-refractivity contribution in [1.29, 1.82) is 0 Å². The van der Waals surface area contributed by atoms with Crippen molar-refractivity contribution in [3.05, 3.63) is 53.1 Å². The number of alkyl halides is 1. The Kier molecular flexibility index (Phi) is 4.66. The van der Waals surface area contributed by atoms with Gasteiger partial charge in [-0.3, -0.25) is 0 Å². The van der Waals surface area contributed by atoms with Crippen LogP contribution in [-0.4, -0.2) is 11.8 Å². The summed E-state index contributed by atoms with van der Waals surface area (Å²) in [6.45, 7) is 7.31. The molecule has 3 heteroatoms. The maximum Gasteiger partial charge on any atom is 0.333 e. The number of hydrogen-bond acceptors (Lipinski definition) is 2. The molecule has 1 atom stereocenters. The highest BCUT2D eigenvalue weighted by Crippen LogP contribution is 2.43. The Balaban J connectivity index is 2.38. The first kappa shape index (κ1) is 14.9. The van der Waals surface area contributed by atoms with E-state index in [4.69, 9.17) is 16.3 Å². The summed E-state index contributed by atoms with van der Waals surface area (Å²) in [5.74, 6) is 0.255.